The van der Waals surface area contributed by atoms with E-state index < -0.39 is 0 Å². The Morgan fingerprint density at radius 1 is 1.14 bits per heavy atom. The van der Waals surface area contributed by atoms with Crippen molar-refractivity contribution in [2.75, 3.05) is 44.2 Å². The van der Waals surface area contributed by atoms with Gasteiger partial charge in [-0.2, -0.15) is 0 Å². The summed E-state index contributed by atoms with van der Waals surface area (Å²) < 4.78 is 0. The van der Waals surface area contributed by atoms with E-state index in [1.165, 1.54) is 18.4 Å². The van der Waals surface area contributed by atoms with Crippen molar-refractivity contribution in [3.05, 3.63) is 57.7 Å². The van der Waals surface area contributed by atoms with E-state index in [1.807, 2.05) is 19.1 Å². The van der Waals surface area contributed by atoms with Crippen LogP contribution in [0.4, 0.5) is 5.82 Å². The second-order valence-corrected chi connectivity index (χ2v) is 10.5. The second-order valence-electron chi connectivity index (χ2n) is 9.66. The van der Waals surface area contributed by atoms with Crippen LogP contribution in [0.1, 0.15) is 63.4 Å². The smallest absolute Gasteiger partial charge is 0.252 e. The molecule has 0 unspecified atom stereocenters. The van der Waals surface area contributed by atoms with Gasteiger partial charge in [-0.15, -0.1) is 0 Å². The number of carbonyl (C=O) groups excluding carboxylic acids is 1. The lowest BCUT2D eigenvalue weighted by Crippen LogP contribution is -2.57. The van der Waals surface area contributed by atoms with Gasteiger partial charge in [0.25, 0.3) is 5.91 Å². The largest absolute Gasteiger partial charge is 0.353 e. The number of halogens is 2. The highest BCUT2D eigenvalue weighted by atomic mass is 35.5. The van der Waals surface area contributed by atoms with Crippen molar-refractivity contribution in [3.63, 3.8) is 0 Å². The molecule has 0 radical (unpaired) electrons. The van der Waals surface area contributed by atoms with Crippen LogP contribution in [0.5, 0.6) is 0 Å². The molecule has 192 valence electrons. The summed E-state index contributed by atoms with van der Waals surface area (Å²) in [5, 5.41) is 4.13. The van der Waals surface area contributed by atoms with Crippen molar-refractivity contribution in [2.24, 2.45) is 0 Å². The standard InChI is InChI=1S/C27H37Cl2N5O.H2/c1-4-25(20-6-8-22(28)9-7-20)32-12-10-23(11-13-32)34-15-14-33(18-19(34)3)26-24(29)16-21(17-31-26)27(35)30-5-2;/h6-9,16-17,19,23,25H,4-5,10-15,18H2,1-3H3,(H,30,35);1H/t19-,25+;/m0./s1. The third-order valence-corrected chi connectivity index (χ3v) is 7.98. The van der Waals surface area contributed by atoms with Crippen LogP contribution in [-0.2, 0) is 0 Å². The number of piperidine rings is 1. The lowest BCUT2D eigenvalue weighted by Gasteiger charge is -2.47. The molecular formula is C27H39Cl2N5O. The molecule has 2 aromatic rings. The number of aromatic nitrogens is 1. The third-order valence-electron chi connectivity index (χ3n) is 7.45. The highest BCUT2D eigenvalue weighted by Gasteiger charge is 2.34. The number of nitrogens with one attached hydrogen (secondary N) is 1. The van der Waals surface area contributed by atoms with Crippen LogP contribution in [0, 0.1) is 0 Å². The Bertz CT molecular complexity index is 1000. The zero-order valence-corrected chi connectivity index (χ0v) is 22.5. The zero-order chi connectivity index (χ0) is 24.9. The number of anilines is 1. The Labute approximate surface area is 221 Å². The van der Waals surface area contributed by atoms with E-state index >= 15 is 0 Å². The molecule has 8 heteroatoms. The monoisotopic (exact) mass is 519 g/mol. The first kappa shape index (κ1) is 26.2. The summed E-state index contributed by atoms with van der Waals surface area (Å²) in [6.45, 7) is 12.1. The molecule has 0 spiro atoms. The Morgan fingerprint density at radius 3 is 2.46 bits per heavy atom. The normalized spacial score (nSPS) is 21.2. The molecule has 0 aliphatic carbocycles. The average molecular weight is 521 g/mol. The number of amides is 1. The van der Waals surface area contributed by atoms with Crippen molar-refractivity contribution >= 4 is 34.9 Å². The Balaban J connectivity index is 0.00000361. The SMILES string of the molecule is CCNC(=O)c1cnc(N2CCN(C3CCN([C@H](CC)c4ccc(Cl)cc4)CC3)[C@@H](C)C2)c(Cl)c1.[HH]. The molecule has 1 aromatic heterocycles. The van der Waals surface area contributed by atoms with Crippen molar-refractivity contribution in [3.8, 4) is 0 Å². The summed E-state index contributed by atoms with van der Waals surface area (Å²) in [5.74, 6) is 0.633. The van der Waals surface area contributed by atoms with E-state index in [9.17, 15) is 4.79 Å². The van der Waals surface area contributed by atoms with Gasteiger partial charge in [-0.1, -0.05) is 42.3 Å². The molecule has 2 aliphatic heterocycles. The summed E-state index contributed by atoms with van der Waals surface area (Å²) >= 11 is 12.7. The van der Waals surface area contributed by atoms with Gasteiger partial charge in [0.15, 0.2) is 0 Å². The predicted octanol–water partition coefficient (Wildman–Crippen LogP) is 5.51. The van der Waals surface area contributed by atoms with E-state index in [2.05, 4.69) is 51.0 Å². The molecule has 2 fully saturated rings. The van der Waals surface area contributed by atoms with Crippen LogP contribution in [0.15, 0.2) is 36.5 Å². The van der Waals surface area contributed by atoms with Crippen molar-refractivity contribution in [1.82, 2.24) is 20.1 Å². The van der Waals surface area contributed by atoms with Crippen molar-refractivity contribution in [2.45, 2.75) is 58.2 Å². The molecule has 4 rings (SSSR count). The molecule has 2 aliphatic rings. The Morgan fingerprint density at radius 2 is 1.86 bits per heavy atom. The fraction of sp³-hybridized carbons (Fsp3) is 0.556. The van der Waals surface area contributed by atoms with Gasteiger partial charge in [0.05, 0.1) is 10.6 Å². The molecule has 6 nitrogen and oxygen atoms in total. The van der Waals surface area contributed by atoms with E-state index in [-0.39, 0.29) is 7.33 Å². The van der Waals surface area contributed by atoms with E-state index in [4.69, 9.17) is 23.2 Å². The lowest BCUT2D eigenvalue weighted by molar-refractivity contribution is 0.0543. The number of hydrogen-bond acceptors (Lipinski definition) is 5. The number of nitrogens with zero attached hydrogens (tertiary/aromatic N) is 4. The van der Waals surface area contributed by atoms with Gasteiger partial charge in [0.2, 0.25) is 0 Å². The third kappa shape index (κ3) is 6.11. The highest BCUT2D eigenvalue weighted by Crippen LogP contribution is 2.32. The van der Waals surface area contributed by atoms with Crippen LogP contribution < -0.4 is 10.2 Å². The molecule has 1 aromatic carbocycles. The van der Waals surface area contributed by atoms with Crippen LogP contribution in [0.3, 0.4) is 0 Å². The number of piperazine rings is 1. The number of hydrogen-bond donors (Lipinski definition) is 1. The summed E-state index contributed by atoms with van der Waals surface area (Å²) in [7, 11) is 0. The second kappa shape index (κ2) is 11.9. The van der Waals surface area contributed by atoms with Gasteiger partial charge >= 0.3 is 0 Å². The molecule has 35 heavy (non-hydrogen) atoms. The minimum Gasteiger partial charge on any atom is -0.353 e. The highest BCUT2D eigenvalue weighted by molar-refractivity contribution is 6.33. The zero-order valence-electron chi connectivity index (χ0n) is 21.0. The molecule has 1 amide bonds. The maximum absolute atomic E-state index is 12.1. The summed E-state index contributed by atoms with van der Waals surface area (Å²) in [6, 6.07) is 11.6. The lowest BCUT2D eigenvalue weighted by atomic mass is 9.95. The fourth-order valence-corrected chi connectivity index (χ4v) is 6.09. The van der Waals surface area contributed by atoms with Crippen LogP contribution >= 0.6 is 23.2 Å². The number of pyridine rings is 1. The van der Waals surface area contributed by atoms with E-state index in [0.717, 1.165) is 50.0 Å². The fourth-order valence-electron chi connectivity index (χ4n) is 5.68. The van der Waals surface area contributed by atoms with Crippen molar-refractivity contribution < 1.29 is 6.22 Å². The molecule has 0 saturated carbocycles. The molecular weight excluding hydrogens is 481 g/mol. The number of rotatable bonds is 7. The van der Waals surface area contributed by atoms with Gasteiger partial charge in [-0.05, 0) is 56.9 Å². The Hall–Kier alpha value is -1.86. The van der Waals surface area contributed by atoms with Gasteiger partial charge in [0, 0.05) is 70.0 Å². The van der Waals surface area contributed by atoms with Gasteiger partial charge in [-0.3, -0.25) is 14.6 Å². The average Bonchev–Trinajstić information content (AvgIpc) is 2.86. The number of carbonyl (C=O) groups is 1. The van der Waals surface area contributed by atoms with Crippen molar-refractivity contribution in [1.29, 1.82) is 0 Å². The minimum absolute atomic E-state index is 0. The molecule has 2 saturated heterocycles. The van der Waals surface area contributed by atoms with E-state index in [0.29, 0.717) is 35.3 Å². The van der Waals surface area contributed by atoms with E-state index in [1.54, 1.807) is 12.3 Å². The first-order valence-corrected chi connectivity index (χ1v) is 13.6. The van der Waals surface area contributed by atoms with Gasteiger partial charge in [-0.25, -0.2) is 4.98 Å². The minimum atomic E-state index is -0.139. The molecule has 0 bridgehead atoms. The molecule has 2 atom stereocenters. The molecule has 3 heterocycles. The summed E-state index contributed by atoms with van der Waals surface area (Å²) in [4.78, 5) is 24.2. The first-order chi connectivity index (χ1) is 16.9. The van der Waals surface area contributed by atoms with Crippen LogP contribution in [-0.4, -0.2) is 72.0 Å². The first-order valence-electron chi connectivity index (χ1n) is 12.8. The van der Waals surface area contributed by atoms with Gasteiger partial charge in [0.1, 0.15) is 5.82 Å². The number of likely N-dealkylation sites (tertiary alicyclic amines) is 1. The quantitative estimate of drug-likeness (QED) is 0.522. The Kier molecular flexibility index (Phi) is 8.92. The maximum atomic E-state index is 12.1. The number of benzene rings is 1. The molecule has 1 N–H and O–H groups in total. The van der Waals surface area contributed by atoms with Crippen LogP contribution in [0.25, 0.3) is 0 Å². The van der Waals surface area contributed by atoms with Gasteiger partial charge < -0.3 is 10.2 Å². The van der Waals surface area contributed by atoms with Crippen LogP contribution in [0.2, 0.25) is 10.0 Å². The maximum Gasteiger partial charge on any atom is 0.252 e. The summed E-state index contributed by atoms with van der Waals surface area (Å²) in [5.41, 5.74) is 1.86. The topological polar surface area (TPSA) is 51.7 Å². The predicted molar refractivity (Wildman–Crippen MR) is 147 cm³/mol. The summed E-state index contributed by atoms with van der Waals surface area (Å²) in [6.07, 6.45) is 5.11.